The number of nitrogens with one attached hydrogen (secondary N) is 2. The van der Waals surface area contributed by atoms with Crippen molar-refractivity contribution < 1.29 is 9.72 Å². The molecule has 170 valence electrons. The predicted molar refractivity (Wildman–Crippen MR) is 131 cm³/mol. The highest BCUT2D eigenvalue weighted by Crippen LogP contribution is 2.24. The average Bonchev–Trinajstić information content (AvgIpc) is 2.85. The van der Waals surface area contributed by atoms with Crippen molar-refractivity contribution in [2.45, 2.75) is 6.54 Å². The van der Waals surface area contributed by atoms with Gasteiger partial charge in [-0.3, -0.25) is 19.8 Å². The van der Waals surface area contributed by atoms with Gasteiger partial charge in [-0.1, -0.05) is 30.3 Å². The van der Waals surface area contributed by atoms with Crippen molar-refractivity contribution in [3.63, 3.8) is 0 Å². The number of piperazine rings is 1. The SMILES string of the molecule is CNc1ccc([N+](=O)[O-])cc1C(=O)Nc1ccc(N2CCN(Cc3ccccc3)CC2)cc1. The van der Waals surface area contributed by atoms with Crippen LogP contribution in [0.4, 0.5) is 22.7 Å². The zero-order chi connectivity index (χ0) is 23.2. The molecule has 2 N–H and O–H groups in total. The molecule has 0 aliphatic carbocycles. The van der Waals surface area contributed by atoms with E-state index in [4.69, 9.17) is 0 Å². The first-order valence-corrected chi connectivity index (χ1v) is 10.9. The molecule has 1 aliphatic rings. The monoisotopic (exact) mass is 445 g/mol. The number of carbonyl (C=O) groups is 1. The Bertz CT molecular complexity index is 1110. The molecular weight excluding hydrogens is 418 g/mol. The van der Waals surface area contributed by atoms with Gasteiger partial charge in [0.1, 0.15) is 0 Å². The lowest BCUT2D eigenvalue weighted by atomic mass is 10.1. The highest BCUT2D eigenvalue weighted by Gasteiger charge is 2.19. The van der Waals surface area contributed by atoms with Gasteiger partial charge in [-0.2, -0.15) is 0 Å². The van der Waals surface area contributed by atoms with Crippen LogP contribution < -0.4 is 15.5 Å². The lowest BCUT2D eigenvalue weighted by molar-refractivity contribution is -0.384. The Hall–Kier alpha value is -3.91. The minimum atomic E-state index is -0.509. The summed E-state index contributed by atoms with van der Waals surface area (Å²) in [4.78, 5) is 28.1. The van der Waals surface area contributed by atoms with Crippen LogP contribution in [0, 0.1) is 10.1 Å². The number of non-ortho nitro benzene ring substituents is 1. The minimum Gasteiger partial charge on any atom is -0.387 e. The summed E-state index contributed by atoms with van der Waals surface area (Å²) in [5.74, 6) is -0.398. The van der Waals surface area contributed by atoms with Gasteiger partial charge in [0.2, 0.25) is 0 Å². The third-order valence-electron chi connectivity index (χ3n) is 5.84. The summed E-state index contributed by atoms with van der Waals surface area (Å²) in [7, 11) is 1.67. The van der Waals surface area contributed by atoms with Crippen LogP contribution in [0.1, 0.15) is 15.9 Å². The Kier molecular flexibility index (Phi) is 6.85. The van der Waals surface area contributed by atoms with Crippen molar-refractivity contribution >= 4 is 28.7 Å². The molecule has 8 nitrogen and oxygen atoms in total. The maximum absolute atomic E-state index is 12.8. The maximum Gasteiger partial charge on any atom is 0.270 e. The lowest BCUT2D eigenvalue weighted by Gasteiger charge is -2.36. The van der Waals surface area contributed by atoms with Gasteiger partial charge in [0.05, 0.1) is 10.5 Å². The second-order valence-corrected chi connectivity index (χ2v) is 7.99. The molecule has 1 heterocycles. The number of nitrogens with zero attached hydrogens (tertiary/aromatic N) is 3. The Balaban J connectivity index is 1.36. The number of benzene rings is 3. The van der Waals surface area contributed by atoms with Gasteiger partial charge in [0, 0.05) is 69.0 Å². The molecule has 1 fully saturated rings. The summed E-state index contributed by atoms with van der Waals surface area (Å²) in [6.07, 6.45) is 0. The van der Waals surface area contributed by atoms with E-state index in [0.29, 0.717) is 11.4 Å². The van der Waals surface area contributed by atoms with Crippen LogP contribution in [0.3, 0.4) is 0 Å². The van der Waals surface area contributed by atoms with Gasteiger partial charge in [-0.25, -0.2) is 0 Å². The van der Waals surface area contributed by atoms with Gasteiger partial charge in [0.15, 0.2) is 0 Å². The molecule has 1 saturated heterocycles. The van der Waals surface area contributed by atoms with Crippen LogP contribution in [0.15, 0.2) is 72.8 Å². The van der Waals surface area contributed by atoms with Crippen LogP contribution in [-0.4, -0.2) is 49.0 Å². The van der Waals surface area contributed by atoms with Crippen molar-refractivity contribution in [2.24, 2.45) is 0 Å². The molecule has 0 atom stereocenters. The summed E-state index contributed by atoms with van der Waals surface area (Å²) in [6, 6.07) is 22.4. The van der Waals surface area contributed by atoms with Crippen LogP contribution in [0.2, 0.25) is 0 Å². The van der Waals surface area contributed by atoms with Gasteiger partial charge >= 0.3 is 0 Å². The summed E-state index contributed by atoms with van der Waals surface area (Å²) in [6.45, 7) is 4.83. The standard InChI is InChI=1S/C25H27N5O3/c1-26-24-12-11-22(30(32)33)17-23(24)25(31)27-20-7-9-21(10-8-20)29-15-13-28(14-16-29)18-19-5-3-2-4-6-19/h2-12,17,26H,13-16,18H2,1H3,(H,27,31). The smallest absolute Gasteiger partial charge is 0.270 e. The third kappa shape index (κ3) is 5.48. The topological polar surface area (TPSA) is 90.8 Å². The lowest BCUT2D eigenvalue weighted by Crippen LogP contribution is -2.45. The van der Waals surface area contributed by atoms with E-state index in [0.717, 1.165) is 38.4 Å². The third-order valence-corrected chi connectivity index (χ3v) is 5.84. The molecule has 0 saturated carbocycles. The molecule has 3 aromatic rings. The van der Waals surface area contributed by atoms with E-state index in [9.17, 15) is 14.9 Å². The largest absolute Gasteiger partial charge is 0.387 e. The Morgan fingerprint density at radius 3 is 2.30 bits per heavy atom. The first kappa shape index (κ1) is 22.3. The van der Waals surface area contributed by atoms with E-state index in [1.54, 1.807) is 7.05 Å². The number of rotatable bonds is 7. The molecule has 1 aliphatic heterocycles. The van der Waals surface area contributed by atoms with Gasteiger partial charge in [-0.05, 0) is 35.9 Å². The molecule has 3 aromatic carbocycles. The van der Waals surface area contributed by atoms with Gasteiger partial charge < -0.3 is 15.5 Å². The van der Waals surface area contributed by atoms with Gasteiger partial charge in [0.25, 0.3) is 11.6 Å². The fourth-order valence-electron chi connectivity index (χ4n) is 4.01. The molecule has 0 spiro atoms. The quantitative estimate of drug-likeness (QED) is 0.418. The number of carbonyl (C=O) groups excluding carboxylic acids is 1. The molecule has 0 radical (unpaired) electrons. The fraction of sp³-hybridized carbons (Fsp3) is 0.240. The number of nitro benzene ring substituents is 1. The van der Waals surface area contributed by atoms with Crippen molar-refractivity contribution in [1.29, 1.82) is 0 Å². The van der Waals surface area contributed by atoms with E-state index in [1.165, 1.54) is 23.8 Å². The van der Waals surface area contributed by atoms with E-state index in [-0.39, 0.29) is 11.3 Å². The normalized spacial score (nSPS) is 14.0. The fourth-order valence-corrected chi connectivity index (χ4v) is 4.01. The molecular formula is C25H27N5O3. The summed E-state index contributed by atoms with van der Waals surface area (Å²) in [5, 5.41) is 16.8. The van der Waals surface area contributed by atoms with Crippen molar-refractivity contribution in [1.82, 2.24) is 4.90 Å². The van der Waals surface area contributed by atoms with E-state index >= 15 is 0 Å². The van der Waals surface area contributed by atoms with Crippen LogP contribution in [0.25, 0.3) is 0 Å². The zero-order valence-corrected chi connectivity index (χ0v) is 18.5. The number of nitro groups is 1. The van der Waals surface area contributed by atoms with Crippen molar-refractivity contribution in [3.8, 4) is 0 Å². The number of anilines is 3. The van der Waals surface area contributed by atoms with Crippen molar-refractivity contribution in [3.05, 3.63) is 94.0 Å². The highest BCUT2D eigenvalue weighted by atomic mass is 16.6. The first-order valence-electron chi connectivity index (χ1n) is 10.9. The summed E-state index contributed by atoms with van der Waals surface area (Å²) >= 11 is 0. The van der Waals surface area contributed by atoms with Crippen LogP contribution in [-0.2, 0) is 6.54 Å². The molecule has 8 heteroatoms. The van der Waals surface area contributed by atoms with Crippen LogP contribution in [0.5, 0.6) is 0 Å². The first-order chi connectivity index (χ1) is 16.0. The summed E-state index contributed by atoms with van der Waals surface area (Å²) < 4.78 is 0. The molecule has 1 amide bonds. The summed E-state index contributed by atoms with van der Waals surface area (Å²) in [5.41, 5.74) is 3.71. The number of hydrogen-bond acceptors (Lipinski definition) is 6. The molecule has 0 aromatic heterocycles. The molecule has 0 unspecified atom stereocenters. The predicted octanol–water partition coefficient (Wildman–Crippen LogP) is 4.21. The van der Waals surface area contributed by atoms with Crippen molar-refractivity contribution in [2.75, 3.05) is 48.8 Å². The highest BCUT2D eigenvalue weighted by molar-refractivity contribution is 6.08. The Labute approximate surface area is 193 Å². The second-order valence-electron chi connectivity index (χ2n) is 7.99. The molecule has 4 rings (SSSR count). The van der Waals surface area contributed by atoms with Gasteiger partial charge in [-0.15, -0.1) is 0 Å². The second kappa shape index (κ2) is 10.1. The Morgan fingerprint density at radius 2 is 1.67 bits per heavy atom. The van der Waals surface area contributed by atoms with Crippen LogP contribution >= 0.6 is 0 Å². The van der Waals surface area contributed by atoms with E-state index in [1.807, 2.05) is 30.3 Å². The van der Waals surface area contributed by atoms with E-state index in [2.05, 4.69) is 44.7 Å². The maximum atomic E-state index is 12.8. The number of hydrogen-bond donors (Lipinski definition) is 2. The number of amides is 1. The average molecular weight is 446 g/mol. The molecule has 0 bridgehead atoms. The zero-order valence-electron chi connectivity index (χ0n) is 18.5. The minimum absolute atomic E-state index is 0.124. The van der Waals surface area contributed by atoms with E-state index < -0.39 is 10.8 Å². The Morgan fingerprint density at radius 1 is 0.970 bits per heavy atom. The molecule has 33 heavy (non-hydrogen) atoms.